The predicted molar refractivity (Wildman–Crippen MR) is 136 cm³/mol. The van der Waals surface area contributed by atoms with Gasteiger partial charge < -0.3 is 4.74 Å². The van der Waals surface area contributed by atoms with Gasteiger partial charge >= 0.3 is 0 Å². The summed E-state index contributed by atoms with van der Waals surface area (Å²) in [7, 11) is 0. The van der Waals surface area contributed by atoms with Crippen molar-refractivity contribution in [3.05, 3.63) is 105 Å². The molecule has 8 heteroatoms. The molecule has 1 fully saturated rings. The average Bonchev–Trinajstić information content (AvgIpc) is 3.06. The lowest BCUT2D eigenvalue weighted by atomic mass is 10.1. The fraction of sp³-hybridized carbons (Fsp3) is 0.0800. The monoisotopic (exact) mass is 494 g/mol. The number of halogens is 1. The van der Waals surface area contributed by atoms with E-state index in [4.69, 9.17) is 28.6 Å². The maximum atomic E-state index is 12.9. The Balaban J connectivity index is 1.43. The summed E-state index contributed by atoms with van der Waals surface area (Å²) in [6.07, 6.45) is 1.73. The fourth-order valence-electron chi connectivity index (χ4n) is 3.03. The number of amides is 2. The van der Waals surface area contributed by atoms with Crippen LogP contribution in [-0.2, 0) is 11.4 Å². The molecule has 1 heterocycles. The Kier molecular flexibility index (Phi) is 7.13. The van der Waals surface area contributed by atoms with Crippen molar-refractivity contribution in [2.45, 2.75) is 13.5 Å². The number of nitrogens with one attached hydrogen (secondary N) is 1. The first-order chi connectivity index (χ1) is 15.9. The average molecular weight is 495 g/mol. The van der Waals surface area contributed by atoms with Crippen LogP contribution in [-0.4, -0.2) is 21.1 Å². The first-order valence-corrected chi connectivity index (χ1v) is 11.6. The van der Waals surface area contributed by atoms with E-state index in [0.717, 1.165) is 33.5 Å². The Bertz CT molecular complexity index is 1240. The molecule has 3 aromatic rings. The molecule has 2 amide bonds. The Morgan fingerprint density at radius 1 is 1.12 bits per heavy atom. The van der Waals surface area contributed by atoms with Crippen molar-refractivity contribution in [3.8, 4) is 5.75 Å². The number of thiocarbonyl (C=S) groups is 1. The zero-order valence-corrected chi connectivity index (χ0v) is 20.0. The van der Waals surface area contributed by atoms with Gasteiger partial charge in [-0.15, -0.1) is 0 Å². The smallest absolute Gasteiger partial charge is 0.285 e. The van der Waals surface area contributed by atoms with Gasteiger partial charge in [-0.05, 0) is 72.7 Å². The summed E-state index contributed by atoms with van der Waals surface area (Å²) in [5.74, 6) is -0.107. The van der Waals surface area contributed by atoms with Crippen LogP contribution in [0.15, 0.2) is 77.7 Å². The Labute approximate surface area is 206 Å². The normalized spacial score (nSPS) is 14.6. The molecule has 1 N–H and O–H groups in total. The maximum Gasteiger partial charge on any atom is 0.285 e. The third kappa shape index (κ3) is 5.82. The first-order valence-electron chi connectivity index (χ1n) is 10.0. The van der Waals surface area contributed by atoms with Crippen LogP contribution in [0.1, 0.15) is 27.0 Å². The minimum Gasteiger partial charge on any atom is -0.489 e. The van der Waals surface area contributed by atoms with Gasteiger partial charge in [0.25, 0.3) is 11.8 Å². The van der Waals surface area contributed by atoms with Crippen LogP contribution >= 0.6 is 35.6 Å². The van der Waals surface area contributed by atoms with Crippen LogP contribution in [0.25, 0.3) is 6.08 Å². The van der Waals surface area contributed by atoms with Gasteiger partial charge in [-0.25, -0.2) is 0 Å². The lowest BCUT2D eigenvalue weighted by Gasteiger charge is -2.15. The van der Waals surface area contributed by atoms with Crippen LogP contribution in [0.2, 0.25) is 5.02 Å². The minimum atomic E-state index is -0.398. The zero-order valence-electron chi connectivity index (χ0n) is 17.6. The van der Waals surface area contributed by atoms with Crippen molar-refractivity contribution in [2.75, 3.05) is 0 Å². The summed E-state index contributed by atoms with van der Waals surface area (Å²) in [6.45, 7) is 2.33. The minimum absolute atomic E-state index is 0.266. The molecule has 166 valence electrons. The summed E-state index contributed by atoms with van der Waals surface area (Å²) in [4.78, 5) is 25.8. The van der Waals surface area contributed by atoms with E-state index >= 15 is 0 Å². The summed E-state index contributed by atoms with van der Waals surface area (Å²) < 4.78 is 6.12. The second-order valence-corrected chi connectivity index (χ2v) is 9.42. The third-order valence-corrected chi connectivity index (χ3v) is 6.35. The number of hydrogen-bond acceptors (Lipinski definition) is 5. The fourth-order valence-corrected chi connectivity index (χ4v) is 4.33. The third-order valence-electron chi connectivity index (χ3n) is 4.80. The molecule has 0 radical (unpaired) electrons. The second kappa shape index (κ2) is 10.2. The molecule has 0 atom stereocenters. The molecule has 1 aliphatic heterocycles. The van der Waals surface area contributed by atoms with Crippen LogP contribution in [0.3, 0.4) is 0 Å². The van der Waals surface area contributed by atoms with Crippen LogP contribution in [0, 0.1) is 6.92 Å². The van der Waals surface area contributed by atoms with E-state index in [9.17, 15) is 9.59 Å². The highest BCUT2D eigenvalue weighted by molar-refractivity contribution is 8.26. The van der Waals surface area contributed by atoms with Gasteiger partial charge in [-0.1, -0.05) is 65.3 Å². The van der Waals surface area contributed by atoms with Gasteiger partial charge in [-0.2, -0.15) is 5.01 Å². The molecular formula is C25H19ClN2O3S2. The standard InChI is InChI=1S/C25H19ClN2O3S2/c1-16-5-9-19(10-6-16)23(29)27-28-24(30)22(33-25(28)32)14-18-3-2-4-21(13-18)31-15-17-7-11-20(26)12-8-17/h2-14H,15H2,1H3,(H,27,29)/b22-14+. The first kappa shape index (κ1) is 23.0. The number of carbonyl (C=O) groups is 2. The summed E-state index contributed by atoms with van der Waals surface area (Å²) in [5.41, 5.74) is 5.86. The van der Waals surface area contributed by atoms with E-state index < -0.39 is 5.91 Å². The lowest BCUT2D eigenvalue weighted by molar-refractivity contribution is -0.123. The number of benzene rings is 3. The second-order valence-electron chi connectivity index (χ2n) is 7.31. The SMILES string of the molecule is Cc1ccc(C(=O)NN2C(=O)/C(=C\c3cccc(OCc4ccc(Cl)cc4)c3)SC2=S)cc1. The van der Waals surface area contributed by atoms with Gasteiger partial charge in [0.2, 0.25) is 0 Å². The molecule has 1 aliphatic rings. The van der Waals surface area contributed by atoms with Crippen molar-refractivity contribution in [1.82, 2.24) is 10.4 Å². The van der Waals surface area contributed by atoms with Crippen LogP contribution in [0.5, 0.6) is 5.75 Å². The maximum absolute atomic E-state index is 12.9. The number of carbonyl (C=O) groups excluding carboxylic acids is 2. The van der Waals surface area contributed by atoms with Crippen molar-refractivity contribution >= 4 is 57.8 Å². The van der Waals surface area contributed by atoms with Gasteiger partial charge in [0.15, 0.2) is 4.32 Å². The van der Waals surface area contributed by atoms with Gasteiger partial charge in [0.1, 0.15) is 12.4 Å². The van der Waals surface area contributed by atoms with Crippen LogP contribution in [0.4, 0.5) is 0 Å². The van der Waals surface area contributed by atoms with Crippen molar-refractivity contribution in [3.63, 3.8) is 0 Å². The van der Waals surface area contributed by atoms with Gasteiger partial charge in [-0.3, -0.25) is 15.0 Å². The summed E-state index contributed by atoms with van der Waals surface area (Å²) in [5, 5.41) is 1.78. The number of hydrogen-bond donors (Lipinski definition) is 1. The van der Waals surface area contributed by atoms with Gasteiger partial charge in [0.05, 0.1) is 4.91 Å². The Morgan fingerprint density at radius 3 is 2.58 bits per heavy atom. The molecule has 5 nitrogen and oxygen atoms in total. The molecule has 33 heavy (non-hydrogen) atoms. The largest absolute Gasteiger partial charge is 0.489 e. The summed E-state index contributed by atoms with van der Waals surface area (Å²) >= 11 is 12.4. The van der Waals surface area contributed by atoms with Crippen molar-refractivity contribution < 1.29 is 14.3 Å². The summed E-state index contributed by atoms with van der Waals surface area (Å²) in [6, 6.07) is 21.9. The molecule has 1 saturated heterocycles. The lowest BCUT2D eigenvalue weighted by Crippen LogP contribution is -2.44. The Hall–Kier alpha value is -3.13. The van der Waals surface area contributed by atoms with Crippen LogP contribution < -0.4 is 10.2 Å². The number of nitrogens with zero attached hydrogens (tertiary/aromatic N) is 1. The highest BCUT2D eigenvalue weighted by Gasteiger charge is 2.33. The number of aryl methyl sites for hydroxylation is 1. The predicted octanol–water partition coefficient (Wildman–Crippen LogP) is 5.77. The van der Waals surface area contributed by atoms with E-state index in [1.165, 1.54) is 0 Å². The van der Waals surface area contributed by atoms with E-state index in [1.807, 2.05) is 67.6 Å². The Morgan fingerprint density at radius 2 is 1.85 bits per heavy atom. The molecule has 0 aliphatic carbocycles. The molecule has 4 rings (SSSR count). The topological polar surface area (TPSA) is 58.6 Å². The quantitative estimate of drug-likeness (QED) is 0.348. The van der Waals surface area contributed by atoms with Gasteiger partial charge in [0, 0.05) is 10.6 Å². The van der Waals surface area contributed by atoms with Crippen molar-refractivity contribution in [1.29, 1.82) is 0 Å². The highest BCUT2D eigenvalue weighted by Crippen LogP contribution is 2.32. The van der Waals surface area contributed by atoms with E-state index in [-0.39, 0.29) is 10.2 Å². The van der Waals surface area contributed by atoms with Crippen molar-refractivity contribution in [2.24, 2.45) is 0 Å². The van der Waals surface area contributed by atoms with E-state index in [0.29, 0.717) is 27.8 Å². The molecule has 0 bridgehead atoms. The highest BCUT2D eigenvalue weighted by atomic mass is 35.5. The molecule has 0 aromatic heterocycles. The molecule has 0 spiro atoms. The zero-order chi connectivity index (χ0) is 23.4. The van der Waals surface area contributed by atoms with E-state index in [2.05, 4.69) is 5.43 Å². The molecule has 0 saturated carbocycles. The molecule has 3 aromatic carbocycles. The number of thioether (sulfide) groups is 1. The van der Waals surface area contributed by atoms with E-state index in [1.54, 1.807) is 18.2 Å². The number of rotatable bonds is 6. The number of ether oxygens (including phenoxy) is 1. The molecule has 0 unspecified atom stereocenters. The number of hydrazine groups is 1. The molecular weight excluding hydrogens is 476 g/mol.